The average molecular weight is 338 g/mol. The number of carbonyl (C=O) groups excluding carboxylic acids is 2. The Morgan fingerprint density at radius 3 is 2.35 bits per heavy atom. The molecule has 2 saturated heterocycles. The summed E-state index contributed by atoms with van der Waals surface area (Å²) < 4.78 is 0. The monoisotopic (exact) mass is 337 g/mol. The van der Waals surface area contributed by atoms with E-state index < -0.39 is 0 Å². The van der Waals surface area contributed by atoms with Crippen LogP contribution in [0.1, 0.15) is 6.42 Å². The lowest BCUT2D eigenvalue weighted by atomic mass is 10.1. The molecule has 2 aliphatic heterocycles. The Morgan fingerprint density at radius 1 is 1.09 bits per heavy atom. The highest BCUT2D eigenvalue weighted by Crippen LogP contribution is 2.27. The highest BCUT2D eigenvalue weighted by Gasteiger charge is 2.43. The van der Waals surface area contributed by atoms with Gasteiger partial charge in [-0.2, -0.15) is 0 Å². The lowest BCUT2D eigenvalue weighted by Gasteiger charge is -2.36. The second-order valence-corrected chi connectivity index (χ2v) is 6.30. The topological polar surface area (TPSA) is 64.1 Å². The molecule has 1 atom stereocenters. The van der Waals surface area contributed by atoms with Crippen molar-refractivity contribution in [3.63, 3.8) is 0 Å². The molecule has 1 aromatic carbocycles. The van der Waals surface area contributed by atoms with Gasteiger partial charge in [-0.3, -0.25) is 19.4 Å². The minimum Gasteiger partial charge on any atom is -0.395 e. The number of halogens is 1. The molecule has 7 heteroatoms. The van der Waals surface area contributed by atoms with E-state index in [9.17, 15) is 9.59 Å². The van der Waals surface area contributed by atoms with Crippen LogP contribution >= 0.6 is 11.6 Å². The lowest BCUT2D eigenvalue weighted by molar-refractivity contribution is -0.123. The summed E-state index contributed by atoms with van der Waals surface area (Å²) in [6.45, 7) is 3.88. The summed E-state index contributed by atoms with van der Waals surface area (Å²) in [6.07, 6.45) is 0.224. The maximum absolute atomic E-state index is 12.7. The van der Waals surface area contributed by atoms with Crippen LogP contribution in [0.5, 0.6) is 0 Å². The number of β-amino-alcohol motifs (C(OH)–C–C–N with tert-alkyl or cyclic N) is 1. The zero-order valence-corrected chi connectivity index (χ0v) is 13.6. The summed E-state index contributed by atoms with van der Waals surface area (Å²) >= 11 is 5.86. The number of carbonyl (C=O) groups is 2. The van der Waals surface area contributed by atoms with E-state index in [1.54, 1.807) is 24.3 Å². The van der Waals surface area contributed by atoms with E-state index in [1.807, 2.05) is 0 Å². The third-order valence-corrected chi connectivity index (χ3v) is 4.72. The average Bonchev–Trinajstić information content (AvgIpc) is 2.84. The van der Waals surface area contributed by atoms with Gasteiger partial charge in [-0.25, -0.2) is 4.90 Å². The Bertz CT molecular complexity index is 585. The maximum atomic E-state index is 12.7. The molecular formula is C16H20ClN3O3. The van der Waals surface area contributed by atoms with Gasteiger partial charge in [0.05, 0.1) is 24.8 Å². The van der Waals surface area contributed by atoms with Crippen LogP contribution in [0.3, 0.4) is 0 Å². The first-order valence-electron chi connectivity index (χ1n) is 7.80. The molecule has 3 rings (SSSR count). The van der Waals surface area contributed by atoms with Crippen LogP contribution in [0.15, 0.2) is 24.3 Å². The summed E-state index contributed by atoms with van der Waals surface area (Å²) in [5.74, 6) is -0.326. The number of nitrogens with zero attached hydrogens (tertiary/aromatic N) is 3. The largest absolute Gasteiger partial charge is 0.395 e. The van der Waals surface area contributed by atoms with Gasteiger partial charge in [-0.05, 0) is 24.3 Å². The number of rotatable bonds is 4. The standard InChI is InChI=1S/C16H20ClN3O3/c17-12-1-3-13(4-2-12)20-15(22)11-14(16(20)23)19-7-5-18(6-8-19)9-10-21/h1-4,14,21H,5-11H2/t14-/m0/s1. The molecule has 6 nitrogen and oxygen atoms in total. The molecule has 0 radical (unpaired) electrons. The molecule has 2 heterocycles. The number of imide groups is 1. The minimum absolute atomic E-state index is 0.144. The molecule has 1 N–H and O–H groups in total. The summed E-state index contributed by atoms with van der Waals surface area (Å²) in [6, 6.07) is 6.37. The molecule has 0 saturated carbocycles. The van der Waals surface area contributed by atoms with E-state index in [0.29, 0.717) is 17.3 Å². The third kappa shape index (κ3) is 3.40. The smallest absolute Gasteiger partial charge is 0.251 e. The molecule has 1 aromatic rings. The first-order chi connectivity index (χ1) is 11.1. The van der Waals surface area contributed by atoms with Gasteiger partial charge in [0, 0.05) is 37.7 Å². The van der Waals surface area contributed by atoms with Crippen molar-refractivity contribution in [3.05, 3.63) is 29.3 Å². The summed E-state index contributed by atoms with van der Waals surface area (Å²) in [4.78, 5) is 30.5. The molecule has 0 aromatic heterocycles. The van der Waals surface area contributed by atoms with E-state index in [1.165, 1.54) is 4.90 Å². The number of aliphatic hydroxyl groups excluding tert-OH is 1. The van der Waals surface area contributed by atoms with E-state index in [0.717, 1.165) is 26.2 Å². The molecule has 23 heavy (non-hydrogen) atoms. The first kappa shape index (κ1) is 16.4. The van der Waals surface area contributed by atoms with Crippen molar-refractivity contribution in [3.8, 4) is 0 Å². The van der Waals surface area contributed by atoms with E-state index in [2.05, 4.69) is 9.80 Å². The lowest BCUT2D eigenvalue weighted by Crippen LogP contribution is -2.52. The van der Waals surface area contributed by atoms with Crippen molar-refractivity contribution in [2.75, 3.05) is 44.2 Å². The van der Waals surface area contributed by atoms with Gasteiger partial charge in [-0.15, -0.1) is 0 Å². The van der Waals surface area contributed by atoms with E-state index in [4.69, 9.17) is 16.7 Å². The molecule has 2 amide bonds. The van der Waals surface area contributed by atoms with Crippen LogP contribution < -0.4 is 4.90 Å². The summed E-state index contributed by atoms with van der Waals surface area (Å²) in [7, 11) is 0. The second-order valence-electron chi connectivity index (χ2n) is 5.86. The van der Waals surface area contributed by atoms with Gasteiger partial charge in [-0.1, -0.05) is 11.6 Å². The fourth-order valence-electron chi connectivity index (χ4n) is 3.20. The van der Waals surface area contributed by atoms with E-state index >= 15 is 0 Å². The number of anilines is 1. The minimum atomic E-state index is -0.380. The molecule has 124 valence electrons. The molecular weight excluding hydrogens is 318 g/mol. The Balaban J connectivity index is 1.68. The molecule has 2 aliphatic rings. The Hall–Kier alpha value is -1.47. The molecule has 0 unspecified atom stereocenters. The molecule has 0 aliphatic carbocycles. The predicted molar refractivity (Wildman–Crippen MR) is 87.4 cm³/mol. The van der Waals surface area contributed by atoms with Crippen LogP contribution in [0.4, 0.5) is 5.69 Å². The molecule has 2 fully saturated rings. The highest BCUT2D eigenvalue weighted by atomic mass is 35.5. The summed E-state index contributed by atoms with van der Waals surface area (Å²) in [5, 5.41) is 9.56. The van der Waals surface area contributed by atoms with Gasteiger partial charge in [0.25, 0.3) is 5.91 Å². The van der Waals surface area contributed by atoms with Crippen LogP contribution in [0, 0.1) is 0 Å². The molecule has 0 spiro atoms. The number of benzene rings is 1. The van der Waals surface area contributed by atoms with Gasteiger partial charge in [0.2, 0.25) is 5.91 Å². The third-order valence-electron chi connectivity index (χ3n) is 4.47. The predicted octanol–water partition coefficient (Wildman–Crippen LogP) is 0.582. The van der Waals surface area contributed by atoms with Gasteiger partial charge >= 0.3 is 0 Å². The maximum Gasteiger partial charge on any atom is 0.251 e. The molecule has 0 bridgehead atoms. The first-order valence-corrected chi connectivity index (χ1v) is 8.17. The zero-order valence-electron chi connectivity index (χ0n) is 12.8. The van der Waals surface area contributed by atoms with Crippen LogP contribution in [0.25, 0.3) is 0 Å². The van der Waals surface area contributed by atoms with Gasteiger partial charge in [0.1, 0.15) is 0 Å². The summed E-state index contributed by atoms with van der Waals surface area (Å²) in [5.41, 5.74) is 0.575. The van der Waals surface area contributed by atoms with Crippen LogP contribution in [-0.4, -0.2) is 72.1 Å². The van der Waals surface area contributed by atoms with Crippen molar-refractivity contribution in [1.82, 2.24) is 9.80 Å². The number of hydrogen-bond donors (Lipinski definition) is 1. The number of aliphatic hydroxyl groups is 1. The fourth-order valence-corrected chi connectivity index (χ4v) is 3.33. The Labute approximate surface area is 140 Å². The van der Waals surface area contributed by atoms with Crippen molar-refractivity contribution in [2.45, 2.75) is 12.5 Å². The van der Waals surface area contributed by atoms with Gasteiger partial charge in [0.15, 0.2) is 0 Å². The van der Waals surface area contributed by atoms with Crippen molar-refractivity contribution in [1.29, 1.82) is 0 Å². The Morgan fingerprint density at radius 2 is 1.74 bits per heavy atom. The van der Waals surface area contributed by atoms with Crippen molar-refractivity contribution in [2.24, 2.45) is 0 Å². The zero-order chi connectivity index (χ0) is 16.4. The normalized spacial score (nSPS) is 23.7. The van der Waals surface area contributed by atoms with Crippen LogP contribution in [0.2, 0.25) is 5.02 Å². The van der Waals surface area contributed by atoms with Crippen molar-refractivity contribution >= 4 is 29.1 Å². The SMILES string of the molecule is O=C1C[C@H](N2CCN(CCO)CC2)C(=O)N1c1ccc(Cl)cc1. The number of piperazine rings is 1. The Kier molecular flexibility index (Phi) is 4.96. The van der Waals surface area contributed by atoms with Crippen molar-refractivity contribution < 1.29 is 14.7 Å². The highest BCUT2D eigenvalue weighted by molar-refractivity contribution is 6.30. The fraction of sp³-hybridized carbons (Fsp3) is 0.500. The number of hydrogen-bond acceptors (Lipinski definition) is 5. The van der Waals surface area contributed by atoms with Gasteiger partial charge < -0.3 is 5.11 Å². The quantitative estimate of drug-likeness (QED) is 0.814. The second kappa shape index (κ2) is 6.97. The van der Waals surface area contributed by atoms with E-state index in [-0.39, 0.29) is 30.9 Å². The van der Waals surface area contributed by atoms with Crippen LogP contribution in [-0.2, 0) is 9.59 Å². The number of amides is 2.